The number of nitrogens with one attached hydrogen (secondary N) is 1. The van der Waals surface area contributed by atoms with Gasteiger partial charge >= 0.3 is 6.03 Å². The molecule has 10 nitrogen and oxygen atoms in total. The molecule has 0 aromatic heterocycles. The molecule has 1 aliphatic rings. The largest absolute Gasteiger partial charge is 0.493 e. The normalized spacial score (nSPS) is 14.5. The Morgan fingerprint density at radius 1 is 1.08 bits per heavy atom. The Bertz CT molecular complexity index is 1450. The zero-order valence-corrected chi connectivity index (χ0v) is 21.3. The van der Waals surface area contributed by atoms with Crippen LogP contribution < -0.4 is 19.7 Å². The van der Waals surface area contributed by atoms with Crippen LogP contribution in [0.15, 0.2) is 70.7 Å². The molecule has 37 heavy (non-hydrogen) atoms. The number of nitro groups is 1. The molecule has 0 bridgehead atoms. The van der Waals surface area contributed by atoms with Crippen LogP contribution in [0.1, 0.15) is 16.7 Å². The highest BCUT2D eigenvalue weighted by molar-refractivity contribution is 9.10. The minimum absolute atomic E-state index is 0.0242. The number of aryl methyl sites for hydroxylation is 1. The quantitative estimate of drug-likeness (QED) is 0.186. The second-order valence-corrected chi connectivity index (χ2v) is 8.90. The maximum absolute atomic E-state index is 13.2. The van der Waals surface area contributed by atoms with Gasteiger partial charge in [0.1, 0.15) is 12.2 Å². The Morgan fingerprint density at radius 3 is 2.46 bits per heavy atom. The van der Waals surface area contributed by atoms with Crippen LogP contribution in [0.25, 0.3) is 6.08 Å². The third-order valence-electron chi connectivity index (χ3n) is 5.45. The van der Waals surface area contributed by atoms with Gasteiger partial charge in [-0.2, -0.15) is 0 Å². The summed E-state index contributed by atoms with van der Waals surface area (Å²) >= 11 is 3.43. The van der Waals surface area contributed by atoms with Gasteiger partial charge in [-0.25, -0.2) is 9.69 Å². The molecule has 1 N–H and O–H groups in total. The van der Waals surface area contributed by atoms with Crippen molar-refractivity contribution in [1.82, 2.24) is 5.32 Å². The number of halogens is 1. The third-order valence-corrected chi connectivity index (χ3v) is 6.04. The van der Waals surface area contributed by atoms with E-state index in [0.29, 0.717) is 32.8 Å². The first-order chi connectivity index (χ1) is 17.7. The van der Waals surface area contributed by atoms with Crippen LogP contribution in [0.4, 0.5) is 16.2 Å². The molecule has 1 heterocycles. The van der Waals surface area contributed by atoms with Crippen molar-refractivity contribution in [2.24, 2.45) is 0 Å². The lowest BCUT2D eigenvalue weighted by atomic mass is 10.1. The Kier molecular flexibility index (Phi) is 7.35. The van der Waals surface area contributed by atoms with Crippen molar-refractivity contribution in [3.05, 3.63) is 97.5 Å². The van der Waals surface area contributed by atoms with Crippen LogP contribution in [-0.2, 0) is 16.2 Å². The number of non-ortho nitro benzene ring substituents is 1. The number of carbonyl (C=O) groups is 3. The molecule has 3 aromatic carbocycles. The summed E-state index contributed by atoms with van der Waals surface area (Å²) in [6, 6.07) is 15.1. The molecule has 4 amide bonds. The number of rotatable bonds is 7. The van der Waals surface area contributed by atoms with E-state index in [1.165, 1.54) is 25.3 Å². The summed E-state index contributed by atoms with van der Waals surface area (Å²) in [5.41, 5.74) is 2.09. The zero-order valence-electron chi connectivity index (χ0n) is 19.7. The number of anilines is 1. The predicted octanol–water partition coefficient (Wildman–Crippen LogP) is 4.92. The molecular formula is C26H20BrN3O7. The number of amides is 4. The summed E-state index contributed by atoms with van der Waals surface area (Å²) in [7, 11) is 1.44. The van der Waals surface area contributed by atoms with E-state index in [0.717, 1.165) is 10.5 Å². The number of imide groups is 2. The van der Waals surface area contributed by atoms with Crippen molar-refractivity contribution in [2.75, 3.05) is 12.0 Å². The number of methoxy groups -OCH3 is 1. The maximum Gasteiger partial charge on any atom is 0.335 e. The van der Waals surface area contributed by atoms with Crippen molar-refractivity contribution in [3.8, 4) is 11.5 Å². The number of hydrogen-bond donors (Lipinski definition) is 1. The fourth-order valence-electron chi connectivity index (χ4n) is 3.66. The SMILES string of the molecule is COc1cc(/C=C2\C(=O)NC(=O)N(c3cccc(C)c3)C2=O)cc(Br)c1OCc1ccc([N+](=O)[O-])cc1. The second-order valence-electron chi connectivity index (χ2n) is 8.04. The van der Waals surface area contributed by atoms with Gasteiger partial charge in [0.05, 0.1) is 22.2 Å². The van der Waals surface area contributed by atoms with Gasteiger partial charge in [-0.15, -0.1) is 0 Å². The molecule has 0 radical (unpaired) electrons. The average Bonchev–Trinajstić information content (AvgIpc) is 2.85. The summed E-state index contributed by atoms with van der Waals surface area (Å²) in [5, 5.41) is 13.0. The van der Waals surface area contributed by atoms with Crippen molar-refractivity contribution < 1.29 is 28.8 Å². The molecule has 0 saturated carbocycles. The van der Waals surface area contributed by atoms with Gasteiger partial charge in [0.2, 0.25) is 0 Å². The van der Waals surface area contributed by atoms with E-state index >= 15 is 0 Å². The van der Waals surface area contributed by atoms with Gasteiger partial charge in [0, 0.05) is 12.1 Å². The van der Waals surface area contributed by atoms with Crippen molar-refractivity contribution in [2.45, 2.75) is 13.5 Å². The molecule has 0 spiro atoms. The van der Waals surface area contributed by atoms with Crippen LogP contribution in [0.2, 0.25) is 0 Å². The molecule has 1 saturated heterocycles. The van der Waals surface area contributed by atoms with Crippen LogP contribution in [-0.4, -0.2) is 29.9 Å². The van der Waals surface area contributed by atoms with E-state index in [4.69, 9.17) is 9.47 Å². The Morgan fingerprint density at radius 2 is 1.81 bits per heavy atom. The number of ether oxygens (including phenoxy) is 2. The second kappa shape index (κ2) is 10.6. The van der Waals surface area contributed by atoms with Gasteiger partial charge in [-0.1, -0.05) is 12.1 Å². The van der Waals surface area contributed by atoms with Crippen molar-refractivity contribution in [3.63, 3.8) is 0 Å². The van der Waals surface area contributed by atoms with E-state index in [2.05, 4.69) is 21.2 Å². The Hall–Kier alpha value is -4.51. The lowest BCUT2D eigenvalue weighted by molar-refractivity contribution is -0.384. The zero-order chi connectivity index (χ0) is 26.7. The molecule has 0 unspecified atom stereocenters. The van der Waals surface area contributed by atoms with Gasteiger partial charge in [0.15, 0.2) is 11.5 Å². The number of nitrogens with zero attached hydrogens (tertiary/aromatic N) is 2. The van der Waals surface area contributed by atoms with Crippen LogP contribution in [0.3, 0.4) is 0 Å². The number of hydrogen-bond acceptors (Lipinski definition) is 7. The molecule has 0 aliphatic carbocycles. The molecule has 1 aliphatic heterocycles. The van der Waals surface area contributed by atoms with Crippen molar-refractivity contribution >= 4 is 51.2 Å². The number of urea groups is 1. The summed E-state index contributed by atoms with van der Waals surface area (Å²) in [5.74, 6) is -0.891. The average molecular weight is 566 g/mol. The fourth-order valence-corrected chi connectivity index (χ4v) is 4.23. The first kappa shape index (κ1) is 25.6. The molecule has 1 fully saturated rings. The van der Waals surface area contributed by atoms with Gasteiger partial charge in [-0.3, -0.25) is 25.0 Å². The highest BCUT2D eigenvalue weighted by atomic mass is 79.9. The van der Waals surface area contributed by atoms with Crippen molar-refractivity contribution in [1.29, 1.82) is 0 Å². The maximum atomic E-state index is 13.2. The smallest absolute Gasteiger partial charge is 0.335 e. The molecule has 3 aromatic rings. The Labute approximate surface area is 219 Å². The monoisotopic (exact) mass is 565 g/mol. The minimum atomic E-state index is -0.827. The first-order valence-electron chi connectivity index (χ1n) is 10.9. The molecule has 0 atom stereocenters. The van der Waals surface area contributed by atoms with E-state index in [-0.39, 0.29) is 17.9 Å². The number of nitro benzene ring substituents is 1. The summed E-state index contributed by atoms with van der Waals surface area (Å²) in [6.45, 7) is 1.94. The van der Waals surface area contributed by atoms with Gasteiger partial charge < -0.3 is 9.47 Å². The standard InChI is InChI=1S/C26H20BrN3O7/c1-15-4-3-5-19(10-15)29-25(32)20(24(31)28-26(29)33)11-17-12-21(27)23(22(13-17)36-2)37-14-16-6-8-18(9-7-16)30(34)35/h3-13H,14H2,1-2H3,(H,28,31,33)/b20-11+. The first-order valence-corrected chi connectivity index (χ1v) is 11.7. The number of barbiturate groups is 1. The minimum Gasteiger partial charge on any atom is -0.493 e. The summed E-state index contributed by atoms with van der Waals surface area (Å²) < 4.78 is 11.8. The third kappa shape index (κ3) is 5.51. The van der Waals surface area contributed by atoms with Gasteiger partial charge in [0.25, 0.3) is 17.5 Å². The molecule has 4 rings (SSSR count). The number of benzene rings is 3. The van der Waals surface area contributed by atoms with Crippen LogP contribution in [0.5, 0.6) is 11.5 Å². The lowest BCUT2D eigenvalue weighted by Gasteiger charge is -2.26. The molecule has 11 heteroatoms. The predicted molar refractivity (Wildman–Crippen MR) is 138 cm³/mol. The lowest BCUT2D eigenvalue weighted by Crippen LogP contribution is -2.54. The van der Waals surface area contributed by atoms with Crippen LogP contribution >= 0.6 is 15.9 Å². The molecule has 188 valence electrons. The number of carbonyl (C=O) groups excluding carboxylic acids is 3. The topological polar surface area (TPSA) is 128 Å². The van der Waals surface area contributed by atoms with E-state index < -0.39 is 22.8 Å². The van der Waals surface area contributed by atoms with E-state index in [9.17, 15) is 24.5 Å². The Balaban J connectivity index is 1.61. The molecular weight excluding hydrogens is 546 g/mol. The van der Waals surface area contributed by atoms with E-state index in [1.54, 1.807) is 42.5 Å². The summed E-state index contributed by atoms with van der Waals surface area (Å²) in [4.78, 5) is 49.4. The fraction of sp³-hybridized carbons (Fsp3) is 0.115. The van der Waals surface area contributed by atoms with Crippen LogP contribution in [0, 0.1) is 17.0 Å². The summed E-state index contributed by atoms with van der Waals surface area (Å²) in [6.07, 6.45) is 1.36. The van der Waals surface area contributed by atoms with E-state index in [1.807, 2.05) is 13.0 Å². The highest BCUT2D eigenvalue weighted by Crippen LogP contribution is 2.38. The van der Waals surface area contributed by atoms with Gasteiger partial charge in [-0.05, 0) is 82.0 Å². The highest BCUT2D eigenvalue weighted by Gasteiger charge is 2.37.